The van der Waals surface area contributed by atoms with Gasteiger partial charge in [-0.25, -0.2) is 9.61 Å². The number of fused-ring (bicyclic) bond motifs is 1. The van der Waals surface area contributed by atoms with Crippen LogP contribution in [0.1, 0.15) is 13.0 Å². The van der Waals surface area contributed by atoms with Crippen LogP contribution in [-0.4, -0.2) is 45.4 Å². The monoisotopic (exact) mass is 286 g/mol. The molecule has 3 rings (SSSR count). The summed E-state index contributed by atoms with van der Waals surface area (Å²) in [6, 6.07) is 8.18. The summed E-state index contributed by atoms with van der Waals surface area (Å²) in [5.74, 6) is 0.938. The molecular weight excluding hydrogens is 268 g/mol. The molecule has 0 spiro atoms. The number of nitrogens with two attached hydrogens (primary N) is 1. The lowest BCUT2D eigenvalue weighted by atomic mass is 10.2. The Balaban J connectivity index is 2.21. The third-order valence-electron chi connectivity index (χ3n) is 3.39. The van der Waals surface area contributed by atoms with Gasteiger partial charge in [0.15, 0.2) is 17.3 Å². The number of anilines is 1. The smallest absolute Gasteiger partial charge is 0.199 e. The highest BCUT2D eigenvalue weighted by Crippen LogP contribution is 2.29. The molecule has 1 aromatic carbocycles. The lowest BCUT2D eigenvalue weighted by molar-refractivity contribution is 0.309. The number of hydrogen-bond acceptors (Lipinski definition) is 6. The summed E-state index contributed by atoms with van der Waals surface area (Å²) < 4.78 is 6.85. The predicted molar refractivity (Wildman–Crippen MR) is 80.7 cm³/mol. The third kappa shape index (κ3) is 2.36. The molecule has 0 saturated heterocycles. The average molecular weight is 286 g/mol. The molecule has 2 aromatic heterocycles. The highest BCUT2D eigenvalue weighted by molar-refractivity contribution is 5.81. The van der Waals surface area contributed by atoms with E-state index < -0.39 is 0 Å². The maximum absolute atomic E-state index is 5.83. The highest BCUT2D eigenvalue weighted by atomic mass is 16.6. The molecular formula is C14H18N6O. The standard InChI is InChI=1S/C14H18N6O/c1-9(8-19(2)3)20-11-7-5-4-6-10(11)16-14(20)12-13(15)18-21-17-12/h4-7,9H,8H2,1-3H3,(H2,15,18). The molecule has 21 heavy (non-hydrogen) atoms. The summed E-state index contributed by atoms with van der Waals surface area (Å²) in [6.45, 7) is 3.01. The Morgan fingerprint density at radius 2 is 2.05 bits per heavy atom. The van der Waals surface area contributed by atoms with Gasteiger partial charge in [0.25, 0.3) is 0 Å². The topological polar surface area (TPSA) is 86.0 Å². The zero-order valence-corrected chi connectivity index (χ0v) is 12.3. The first kappa shape index (κ1) is 13.6. The van der Waals surface area contributed by atoms with Crippen molar-refractivity contribution in [3.05, 3.63) is 24.3 Å². The van der Waals surface area contributed by atoms with Gasteiger partial charge in [-0.15, -0.1) is 0 Å². The van der Waals surface area contributed by atoms with E-state index in [1.165, 1.54) is 0 Å². The van der Waals surface area contributed by atoms with Crippen molar-refractivity contribution >= 4 is 16.9 Å². The molecule has 7 heteroatoms. The molecule has 0 bridgehead atoms. The van der Waals surface area contributed by atoms with E-state index in [2.05, 4.69) is 31.7 Å². The van der Waals surface area contributed by atoms with E-state index in [4.69, 9.17) is 10.4 Å². The zero-order chi connectivity index (χ0) is 15.0. The summed E-state index contributed by atoms with van der Waals surface area (Å²) in [5.41, 5.74) is 8.27. The van der Waals surface area contributed by atoms with Gasteiger partial charge in [0, 0.05) is 12.6 Å². The van der Waals surface area contributed by atoms with Crippen LogP contribution in [0.4, 0.5) is 5.82 Å². The molecule has 3 aromatic rings. The van der Waals surface area contributed by atoms with Crippen LogP contribution in [0.2, 0.25) is 0 Å². The Hall–Kier alpha value is -2.41. The van der Waals surface area contributed by atoms with Crippen LogP contribution >= 0.6 is 0 Å². The fourth-order valence-corrected chi connectivity index (χ4v) is 2.62. The van der Waals surface area contributed by atoms with Crippen LogP contribution in [-0.2, 0) is 0 Å². The number of nitrogens with zero attached hydrogens (tertiary/aromatic N) is 5. The molecule has 0 aliphatic heterocycles. The number of benzene rings is 1. The summed E-state index contributed by atoms with van der Waals surface area (Å²) in [6.07, 6.45) is 0. The summed E-state index contributed by atoms with van der Waals surface area (Å²) >= 11 is 0. The van der Waals surface area contributed by atoms with Gasteiger partial charge in [0.1, 0.15) is 0 Å². The van der Waals surface area contributed by atoms with Crippen molar-refractivity contribution in [1.29, 1.82) is 0 Å². The molecule has 0 saturated carbocycles. The number of rotatable bonds is 4. The molecule has 0 radical (unpaired) electrons. The quantitative estimate of drug-likeness (QED) is 0.787. The number of aromatic nitrogens is 4. The average Bonchev–Trinajstić information content (AvgIpc) is 3.00. The number of hydrogen-bond donors (Lipinski definition) is 1. The van der Waals surface area contributed by atoms with E-state index >= 15 is 0 Å². The van der Waals surface area contributed by atoms with Crippen LogP contribution in [0.15, 0.2) is 28.9 Å². The molecule has 110 valence electrons. The first-order valence-electron chi connectivity index (χ1n) is 6.78. The number of imidazole rings is 1. The molecule has 0 fully saturated rings. The second-order valence-corrected chi connectivity index (χ2v) is 5.40. The van der Waals surface area contributed by atoms with Gasteiger partial charge >= 0.3 is 0 Å². The van der Waals surface area contributed by atoms with Gasteiger partial charge in [-0.05, 0) is 43.5 Å². The minimum absolute atomic E-state index is 0.207. The van der Waals surface area contributed by atoms with E-state index in [0.717, 1.165) is 17.6 Å². The Bertz CT molecular complexity index is 760. The zero-order valence-electron chi connectivity index (χ0n) is 12.3. The van der Waals surface area contributed by atoms with Crippen LogP contribution < -0.4 is 5.73 Å². The van der Waals surface area contributed by atoms with E-state index in [1.807, 2.05) is 38.4 Å². The fraction of sp³-hybridized carbons (Fsp3) is 0.357. The van der Waals surface area contributed by atoms with Crippen molar-refractivity contribution < 1.29 is 4.63 Å². The first-order valence-corrected chi connectivity index (χ1v) is 6.78. The summed E-state index contributed by atoms with van der Waals surface area (Å²) in [7, 11) is 4.09. The lowest BCUT2D eigenvalue weighted by Gasteiger charge is -2.20. The van der Waals surface area contributed by atoms with Gasteiger partial charge < -0.3 is 15.2 Å². The summed E-state index contributed by atoms with van der Waals surface area (Å²) in [5, 5.41) is 7.55. The van der Waals surface area contributed by atoms with E-state index in [9.17, 15) is 0 Å². The minimum atomic E-state index is 0.207. The van der Waals surface area contributed by atoms with E-state index in [0.29, 0.717) is 11.5 Å². The normalized spacial score (nSPS) is 13.1. The second-order valence-electron chi connectivity index (χ2n) is 5.40. The predicted octanol–water partition coefficient (Wildman–Crippen LogP) is 1.79. The molecule has 7 nitrogen and oxygen atoms in total. The Morgan fingerprint density at radius 1 is 1.29 bits per heavy atom. The van der Waals surface area contributed by atoms with Crippen molar-refractivity contribution in [2.45, 2.75) is 13.0 Å². The van der Waals surface area contributed by atoms with Crippen LogP contribution in [0.5, 0.6) is 0 Å². The molecule has 1 atom stereocenters. The number of para-hydroxylation sites is 2. The molecule has 2 N–H and O–H groups in total. The second kappa shape index (κ2) is 5.17. The van der Waals surface area contributed by atoms with Crippen LogP contribution in [0.3, 0.4) is 0 Å². The van der Waals surface area contributed by atoms with Gasteiger partial charge in [-0.2, -0.15) is 0 Å². The van der Waals surface area contributed by atoms with Crippen molar-refractivity contribution in [3.8, 4) is 11.5 Å². The molecule has 2 heterocycles. The van der Waals surface area contributed by atoms with Crippen LogP contribution in [0, 0.1) is 0 Å². The largest absolute Gasteiger partial charge is 0.379 e. The van der Waals surface area contributed by atoms with Crippen molar-refractivity contribution in [1.82, 2.24) is 24.8 Å². The highest BCUT2D eigenvalue weighted by Gasteiger charge is 2.22. The molecule has 0 aliphatic rings. The lowest BCUT2D eigenvalue weighted by Crippen LogP contribution is -2.23. The Labute approximate surface area is 122 Å². The summed E-state index contributed by atoms with van der Waals surface area (Å²) in [4.78, 5) is 6.78. The van der Waals surface area contributed by atoms with Gasteiger partial charge in [-0.1, -0.05) is 12.1 Å². The minimum Gasteiger partial charge on any atom is -0.379 e. The van der Waals surface area contributed by atoms with Gasteiger partial charge in [0.05, 0.1) is 11.0 Å². The van der Waals surface area contributed by atoms with Crippen LogP contribution in [0.25, 0.3) is 22.6 Å². The van der Waals surface area contributed by atoms with Gasteiger partial charge in [0.2, 0.25) is 0 Å². The SMILES string of the molecule is CC(CN(C)C)n1c(-c2nonc2N)nc2ccccc21. The Kier molecular flexibility index (Phi) is 3.34. The van der Waals surface area contributed by atoms with Gasteiger partial charge in [-0.3, -0.25) is 0 Å². The van der Waals surface area contributed by atoms with Crippen molar-refractivity contribution in [3.63, 3.8) is 0 Å². The third-order valence-corrected chi connectivity index (χ3v) is 3.39. The molecule has 0 amide bonds. The van der Waals surface area contributed by atoms with Crippen molar-refractivity contribution in [2.75, 3.05) is 26.4 Å². The van der Waals surface area contributed by atoms with E-state index in [1.54, 1.807) is 0 Å². The fourth-order valence-electron chi connectivity index (χ4n) is 2.62. The molecule has 0 aliphatic carbocycles. The maximum atomic E-state index is 5.83. The number of nitrogen functional groups attached to an aromatic ring is 1. The number of likely N-dealkylation sites (N-methyl/N-ethyl adjacent to an activating group) is 1. The molecule has 1 unspecified atom stereocenters. The Morgan fingerprint density at radius 3 is 2.71 bits per heavy atom. The maximum Gasteiger partial charge on any atom is 0.199 e. The van der Waals surface area contributed by atoms with E-state index in [-0.39, 0.29) is 11.9 Å². The van der Waals surface area contributed by atoms with Crippen molar-refractivity contribution in [2.24, 2.45) is 0 Å². The first-order chi connectivity index (χ1) is 10.1.